The van der Waals surface area contributed by atoms with Crippen LogP contribution in [0, 0.1) is 5.82 Å². The van der Waals surface area contributed by atoms with E-state index >= 15 is 0 Å². The Kier molecular flexibility index (Phi) is 4.36. The van der Waals surface area contributed by atoms with Crippen LogP contribution in [-0.2, 0) is 4.79 Å². The first kappa shape index (κ1) is 13.5. The Labute approximate surface area is 112 Å². The maximum absolute atomic E-state index is 13.2. The average molecular weight is 270 g/mol. The van der Waals surface area contributed by atoms with Crippen LogP contribution in [0.1, 0.15) is 37.8 Å². The van der Waals surface area contributed by atoms with Gasteiger partial charge in [0.05, 0.1) is 11.1 Å². The molecule has 1 heterocycles. The third kappa shape index (κ3) is 2.90. The van der Waals surface area contributed by atoms with Crippen LogP contribution >= 0.6 is 11.6 Å². The highest BCUT2D eigenvalue weighted by molar-refractivity contribution is 6.30. The van der Waals surface area contributed by atoms with Crippen molar-refractivity contribution < 1.29 is 9.18 Å². The van der Waals surface area contributed by atoms with Crippen molar-refractivity contribution in [1.82, 2.24) is 4.90 Å². The zero-order valence-corrected chi connectivity index (χ0v) is 11.2. The number of likely N-dealkylation sites (tertiary alicyclic amines) is 1. The highest BCUT2D eigenvalue weighted by atomic mass is 35.5. The van der Waals surface area contributed by atoms with Crippen molar-refractivity contribution >= 4 is 17.4 Å². The summed E-state index contributed by atoms with van der Waals surface area (Å²) >= 11 is 5.80. The molecule has 1 atom stereocenters. The molecule has 0 saturated carbocycles. The van der Waals surface area contributed by atoms with E-state index in [-0.39, 0.29) is 16.8 Å². The molecule has 1 aliphatic heterocycles. The van der Waals surface area contributed by atoms with E-state index in [9.17, 15) is 9.18 Å². The Bertz CT molecular complexity index is 443. The van der Waals surface area contributed by atoms with Gasteiger partial charge in [0, 0.05) is 0 Å². The summed E-state index contributed by atoms with van der Waals surface area (Å²) in [5, 5.41) is 0.0794. The molecule has 0 spiro atoms. The van der Waals surface area contributed by atoms with Gasteiger partial charge in [-0.25, -0.2) is 4.39 Å². The van der Waals surface area contributed by atoms with Gasteiger partial charge in [-0.05, 0) is 50.6 Å². The third-order valence-electron chi connectivity index (χ3n) is 3.40. The number of Topliss-reactive ketones (excluding diaryl/α,β-unsaturated/α-hetero) is 1. The molecule has 1 aliphatic rings. The highest BCUT2D eigenvalue weighted by Crippen LogP contribution is 2.28. The molecule has 0 bridgehead atoms. The molecule has 1 aromatic carbocycles. The summed E-state index contributed by atoms with van der Waals surface area (Å²) in [6.07, 6.45) is 3.43. The van der Waals surface area contributed by atoms with Gasteiger partial charge in [0.15, 0.2) is 5.78 Å². The summed E-state index contributed by atoms with van der Waals surface area (Å²) in [7, 11) is 0. The molecular formula is C14H17ClFNO. The predicted octanol–water partition coefficient (Wildman–Crippen LogP) is 3.60. The van der Waals surface area contributed by atoms with Gasteiger partial charge in [0.2, 0.25) is 0 Å². The topological polar surface area (TPSA) is 20.3 Å². The molecule has 0 aromatic heterocycles. The zero-order chi connectivity index (χ0) is 13.1. The van der Waals surface area contributed by atoms with E-state index in [4.69, 9.17) is 11.6 Å². The molecule has 18 heavy (non-hydrogen) atoms. The van der Waals surface area contributed by atoms with Crippen LogP contribution < -0.4 is 0 Å². The van der Waals surface area contributed by atoms with Crippen LogP contribution in [0.25, 0.3) is 0 Å². The number of ketones is 1. The van der Waals surface area contributed by atoms with Gasteiger partial charge >= 0.3 is 0 Å². The smallest absolute Gasteiger partial charge is 0.151 e. The second kappa shape index (κ2) is 5.81. The lowest BCUT2D eigenvalue weighted by Gasteiger charge is -2.33. The summed E-state index contributed by atoms with van der Waals surface area (Å²) in [5.74, 6) is -0.360. The molecule has 1 unspecified atom stereocenters. The normalized spacial score (nSPS) is 18.6. The van der Waals surface area contributed by atoms with Crippen LogP contribution in [0.2, 0.25) is 5.02 Å². The van der Waals surface area contributed by atoms with Crippen molar-refractivity contribution in [3.05, 3.63) is 34.6 Å². The van der Waals surface area contributed by atoms with Gasteiger partial charge in [-0.2, -0.15) is 0 Å². The minimum Gasteiger partial charge on any atom is -0.298 e. The lowest BCUT2D eigenvalue weighted by atomic mass is 9.99. The second-order valence-corrected chi connectivity index (χ2v) is 5.19. The van der Waals surface area contributed by atoms with Crippen LogP contribution in [-0.4, -0.2) is 23.8 Å². The maximum atomic E-state index is 13.2. The van der Waals surface area contributed by atoms with Crippen molar-refractivity contribution in [1.29, 1.82) is 0 Å². The van der Waals surface area contributed by atoms with E-state index < -0.39 is 5.82 Å². The monoisotopic (exact) mass is 269 g/mol. The van der Waals surface area contributed by atoms with Gasteiger partial charge in [0.25, 0.3) is 0 Å². The number of hydrogen-bond donors (Lipinski definition) is 0. The lowest BCUT2D eigenvalue weighted by Crippen LogP contribution is -2.37. The minimum absolute atomic E-state index is 0.0794. The van der Waals surface area contributed by atoms with Gasteiger partial charge < -0.3 is 0 Å². The number of piperidine rings is 1. The fourth-order valence-electron chi connectivity index (χ4n) is 2.56. The predicted molar refractivity (Wildman–Crippen MR) is 70.3 cm³/mol. The molecule has 4 heteroatoms. The molecule has 1 aromatic rings. The SMILES string of the molecule is CC(=O)C(c1ccc(F)c(Cl)c1)N1CCCCC1. The number of benzene rings is 1. The first-order chi connectivity index (χ1) is 8.59. The summed E-state index contributed by atoms with van der Waals surface area (Å²) in [4.78, 5) is 14.0. The van der Waals surface area contributed by atoms with E-state index in [0.29, 0.717) is 0 Å². The van der Waals surface area contributed by atoms with Crippen LogP contribution in [0.4, 0.5) is 4.39 Å². The summed E-state index contributed by atoms with van der Waals surface area (Å²) in [5.41, 5.74) is 0.788. The molecular weight excluding hydrogens is 253 g/mol. The molecule has 98 valence electrons. The van der Waals surface area contributed by atoms with Gasteiger partial charge in [-0.3, -0.25) is 9.69 Å². The summed E-state index contributed by atoms with van der Waals surface area (Å²) in [6.45, 7) is 3.41. The van der Waals surface area contributed by atoms with Crippen molar-refractivity contribution in [3.63, 3.8) is 0 Å². The number of hydrogen-bond acceptors (Lipinski definition) is 2. The largest absolute Gasteiger partial charge is 0.298 e. The molecule has 1 saturated heterocycles. The Morgan fingerprint density at radius 2 is 2.00 bits per heavy atom. The average Bonchev–Trinajstić information content (AvgIpc) is 2.35. The fourth-order valence-corrected chi connectivity index (χ4v) is 2.75. The Morgan fingerprint density at radius 3 is 2.56 bits per heavy atom. The van der Waals surface area contributed by atoms with E-state index in [0.717, 1.165) is 31.5 Å². The number of nitrogens with zero attached hydrogens (tertiary/aromatic N) is 1. The summed E-state index contributed by atoms with van der Waals surface area (Å²) in [6, 6.07) is 4.26. The van der Waals surface area contributed by atoms with Crippen LogP contribution in [0.15, 0.2) is 18.2 Å². The molecule has 0 radical (unpaired) electrons. The quantitative estimate of drug-likeness (QED) is 0.836. The van der Waals surface area contributed by atoms with E-state index in [2.05, 4.69) is 4.90 Å². The van der Waals surface area contributed by atoms with Gasteiger partial charge in [-0.1, -0.05) is 24.1 Å². The Balaban J connectivity index is 2.28. The molecule has 1 fully saturated rings. The molecule has 2 rings (SSSR count). The zero-order valence-electron chi connectivity index (χ0n) is 10.5. The maximum Gasteiger partial charge on any atom is 0.151 e. The van der Waals surface area contributed by atoms with Crippen LogP contribution in [0.3, 0.4) is 0 Å². The highest BCUT2D eigenvalue weighted by Gasteiger charge is 2.26. The first-order valence-corrected chi connectivity index (χ1v) is 6.67. The van der Waals surface area contributed by atoms with E-state index in [1.165, 1.54) is 12.5 Å². The van der Waals surface area contributed by atoms with E-state index in [1.807, 2.05) is 0 Å². The summed E-state index contributed by atoms with van der Waals surface area (Å²) < 4.78 is 13.2. The van der Waals surface area contributed by atoms with Gasteiger partial charge in [0.1, 0.15) is 5.82 Å². The molecule has 2 nitrogen and oxygen atoms in total. The van der Waals surface area contributed by atoms with Crippen molar-refractivity contribution in [2.45, 2.75) is 32.2 Å². The first-order valence-electron chi connectivity index (χ1n) is 6.29. The number of carbonyl (C=O) groups excluding carboxylic acids is 1. The number of rotatable bonds is 3. The van der Waals surface area contributed by atoms with Crippen molar-refractivity contribution in [2.24, 2.45) is 0 Å². The van der Waals surface area contributed by atoms with E-state index in [1.54, 1.807) is 19.1 Å². The minimum atomic E-state index is -0.443. The number of halogens is 2. The standard InChI is InChI=1S/C14H17ClFNO/c1-10(18)14(17-7-3-2-4-8-17)11-5-6-13(16)12(15)9-11/h5-6,9,14H,2-4,7-8H2,1H3. The second-order valence-electron chi connectivity index (χ2n) is 4.78. The number of carbonyl (C=O) groups is 1. The van der Waals surface area contributed by atoms with Crippen molar-refractivity contribution in [3.8, 4) is 0 Å². The molecule has 0 aliphatic carbocycles. The molecule has 0 N–H and O–H groups in total. The van der Waals surface area contributed by atoms with Gasteiger partial charge in [-0.15, -0.1) is 0 Å². The lowest BCUT2D eigenvalue weighted by molar-refractivity contribution is -0.122. The van der Waals surface area contributed by atoms with Crippen LogP contribution in [0.5, 0.6) is 0 Å². The Morgan fingerprint density at radius 1 is 1.33 bits per heavy atom. The third-order valence-corrected chi connectivity index (χ3v) is 3.69. The molecule has 0 amide bonds. The Hall–Kier alpha value is -0.930. The van der Waals surface area contributed by atoms with Crippen molar-refractivity contribution in [2.75, 3.05) is 13.1 Å². The fraction of sp³-hybridized carbons (Fsp3) is 0.500.